The first-order chi connectivity index (χ1) is 5.11. The molecule has 11 heavy (non-hydrogen) atoms. The quantitative estimate of drug-likeness (QED) is 0.462. The van der Waals surface area contributed by atoms with Gasteiger partial charge in [-0.3, -0.25) is 9.78 Å². The molecule has 1 rings (SSSR count). The van der Waals surface area contributed by atoms with Crippen LogP contribution in [0.15, 0.2) is 9.59 Å². The number of nitrogens with one attached hydrogen (secondary N) is 2. The van der Waals surface area contributed by atoms with E-state index in [9.17, 15) is 9.59 Å². The predicted molar refractivity (Wildman–Crippen MR) is 36.1 cm³/mol. The van der Waals surface area contributed by atoms with Gasteiger partial charge in [-0.15, -0.1) is 0 Å². The number of H-pyrrole nitrogens is 2. The summed E-state index contributed by atoms with van der Waals surface area (Å²) in [4.78, 5) is 23.1. The Hall–Kier alpha value is -1.43. The minimum Gasteiger partial charge on any atom is -0.387 e. The summed E-state index contributed by atoms with van der Waals surface area (Å²) < 4.78 is 0. The number of hydrogen-bond acceptors (Lipinski definition) is 4. The van der Waals surface area contributed by atoms with Crippen molar-refractivity contribution in [2.75, 3.05) is 0 Å². The Morgan fingerprint density at radius 3 is 2.64 bits per heavy atom. The Labute approximate surface area is 60.9 Å². The zero-order valence-electron chi connectivity index (χ0n) is 5.79. The second-order valence-corrected chi connectivity index (χ2v) is 2.07. The van der Waals surface area contributed by atoms with E-state index >= 15 is 0 Å². The number of rotatable bonds is 1. The van der Waals surface area contributed by atoms with Gasteiger partial charge in [-0.05, 0) is 6.92 Å². The molecule has 60 valence electrons. The van der Waals surface area contributed by atoms with Crippen molar-refractivity contribution in [1.29, 1.82) is 0 Å². The van der Waals surface area contributed by atoms with Crippen LogP contribution in [-0.2, 0) is 0 Å². The van der Waals surface area contributed by atoms with E-state index in [0.717, 1.165) is 0 Å². The summed E-state index contributed by atoms with van der Waals surface area (Å²) in [6.45, 7) is 1.38. The van der Waals surface area contributed by atoms with Crippen LogP contribution in [0.2, 0.25) is 0 Å². The van der Waals surface area contributed by atoms with E-state index in [2.05, 4.69) is 5.10 Å². The molecule has 0 spiro atoms. The maximum Gasteiger partial charge on any atom is 0.342 e. The number of aromatic nitrogens is 3. The lowest BCUT2D eigenvalue weighted by atomic mass is 10.3. The largest absolute Gasteiger partial charge is 0.387 e. The van der Waals surface area contributed by atoms with Crippen LogP contribution >= 0.6 is 0 Å². The first-order valence-electron chi connectivity index (χ1n) is 2.98. The second kappa shape index (κ2) is 2.67. The summed E-state index contributed by atoms with van der Waals surface area (Å²) in [5.41, 5.74) is -1.44. The first kappa shape index (κ1) is 7.67. The number of aliphatic hydroxyl groups excluding tert-OH is 1. The Morgan fingerprint density at radius 1 is 1.55 bits per heavy atom. The molecule has 0 fully saturated rings. The number of hydrogen-bond donors (Lipinski definition) is 3. The van der Waals surface area contributed by atoms with Crippen molar-refractivity contribution < 1.29 is 5.11 Å². The number of aromatic amines is 2. The lowest BCUT2D eigenvalue weighted by Crippen LogP contribution is -2.28. The average molecular weight is 157 g/mol. The Morgan fingerprint density at radius 2 is 2.18 bits per heavy atom. The van der Waals surface area contributed by atoms with E-state index in [4.69, 9.17) is 5.11 Å². The lowest BCUT2D eigenvalue weighted by Gasteiger charge is -1.98. The first-order valence-corrected chi connectivity index (χ1v) is 2.98. The summed E-state index contributed by atoms with van der Waals surface area (Å²) in [6.07, 6.45) is -0.976. The highest BCUT2D eigenvalue weighted by atomic mass is 16.3. The molecule has 0 aliphatic rings. The van der Waals surface area contributed by atoms with Crippen molar-refractivity contribution in [3.05, 3.63) is 26.5 Å². The maximum atomic E-state index is 10.8. The molecule has 0 aromatic carbocycles. The molecule has 0 aliphatic carbocycles. The zero-order chi connectivity index (χ0) is 8.43. The highest BCUT2D eigenvalue weighted by molar-refractivity contribution is 4.94. The molecule has 0 saturated carbocycles. The van der Waals surface area contributed by atoms with Crippen LogP contribution in [0.3, 0.4) is 0 Å². The standard InChI is InChI=1S/C5H7N3O3/c1-2(9)3-4(10)6-5(11)8-7-3/h2,9H,1H3,(H2,6,8,10,11). The van der Waals surface area contributed by atoms with Gasteiger partial charge in [0.15, 0.2) is 5.69 Å². The predicted octanol–water partition coefficient (Wildman–Crippen LogP) is -1.49. The summed E-state index contributed by atoms with van der Waals surface area (Å²) in [5.74, 6) is 0. The van der Waals surface area contributed by atoms with Crippen LogP contribution in [0.4, 0.5) is 0 Å². The van der Waals surface area contributed by atoms with Crippen molar-refractivity contribution >= 4 is 0 Å². The van der Waals surface area contributed by atoms with Gasteiger partial charge in [-0.25, -0.2) is 9.89 Å². The molecule has 6 nitrogen and oxygen atoms in total. The van der Waals surface area contributed by atoms with Crippen LogP contribution in [0.5, 0.6) is 0 Å². The van der Waals surface area contributed by atoms with Gasteiger partial charge in [0.05, 0.1) is 0 Å². The maximum absolute atomic E-state index is 10.8. The van der Waals surface area contributed by atoms with Gasteiger partial charge in [0.1, 0.15) is 6.10 Å². The molecule has 1 aromatic rings. The summed E-state index contributed by atoms with van der Waals surface area (Å²) >= 11 is 0. The third kappa shape index (κ3) is 1.53. The normalized spacial score (nSPS) is 12.9. The van der Waals surface area contributed by atoms with Gasteiger partial charge in [-0.1, -0.05) is 0 Å². The molecule has 1 unspecified atom stereocenters. The molecule has 1 aromatic heterocycles. The van der Waals surface area contributed by atoms with Crippen molar-refractivity contribution in [3.63, 3.8) is 0 Å². The van der Waals surface area contributed by atoms with Crippen LogP contribution in [0.1, 0.15) is 18.7 Å². The highest BCUT2D eigenvalue weighted by Gasteiger charge is 2.07. The van der Waals surface area contributed by atoms with Crippen LogP contribution < -0.4 is 11.2 Å². The highest BCUT2D eigenvalue weighted by Crippen LogP contribution is 1.97. The number of aliphatic hydroxyl groups is 1. The van der Waals surface area contributed by atoms with Crippen LogP contribution in [0, 0.1) is 0 Å². The summed E-state index contributed by atoms with van der Waals surface area (Å²) in [7, 11) is 0. The zero-order valence-corrected chi connectivity index (χ0v) is 5.79. The Balaban J connectivity index is 3.32. The molecular formula is C5H7N3O3. The Bertz CT molecular complexity index is 350. The van der Waals surface area contributed by atoms with E-state index in [0.29, 0.717) is 0 Å². The van der Waals surface area contributed by atoms with Crippen molar-refractivity contribution in [1.82, 2.24) is 15.2 Å². The van der Waals surface area contributed by atoms with E-state index < -0.39 is 17.4 Å². The molecule has 0 radical (unpaired) electrons. The smallest absolute Gasteiger partial charge is 0.342 e. The third-order valence-electron chi connectivity index (χ3n) is 1.13. The topological polar surface area (TPSA) is 98.8 Å². The van der Waals surface area contributed by atoms with Crippen LogP contribution in [-0.4, -0.2) is 20.3 Å². The summed E-state index contributed by atoms with van der Waals surface area (Å²) in [6, 6.07) is 0. The molecule has 0 saturated heterocycles. The third-order valence-corrected chi connectivity index (χ3v) is 1.13. The van der Waals surface area contributed by atoms with Crippen molar-refractivity contribution in [2.45, 2.75) is 13.0 Å². The molecule has 6 heteroatoms. The van der Waals surface area contributed by atoms with Gasteiger partial charge in [0.2, 0.25) is 0 Å². The molecule has 3 N–H and O–H groups in total. The second-order valence-electron chi connectivity index (χ2n) is 2.07. The minimum absolute atomic E-state index is 0.0930. The van der Waals surface area contributed by atoms with Crippen molar-refractivity contribution in [3.8, 4) is 0 Å². The van der Waals surface area contributed by atoms with E-state index in [1.54, 1.807) is 0 Å². The fourth-order valence-electron chi connectivity index (χ4n) is 0.640. The fourth-order valence-corrected chi connectivity index (χ4v) is 0.640. The van der Waals surface area contributed by atoms with Gasteiger partial charge in [0.25, 0.3) is 5.56 Å². The molecule has 0 bridgehead atoms. The van der Waals surface area contributed by atoms with Crippen LogP contribution in [0.25, 0.3) is 0 Å². The van der Waals surface area contributed by atoms with E-state index in [1.165, 1.54) is 6.92 Å². The van der Waals surface area contributed by atoms with Gasteiger partial charge >= 0.3 is 5.69 Å². The van der Waals surface area contributed by atoms with Gasteiger partial charge < -0.3 is 5.11 Å². The molecule has 1 atom stereocenters. The summed E-state index contributed by atoms with van der Waals surface area (Å²) in [5, 5.41) is 14.2. The Kier molecular flexibility index (Phi) is 1.86. The monoisotopic (exact) mass is 157 g/mol. The average Bonchev–Trinajstić information content (AvgIpc) is 1.85. The van der Waals surface area contributed by atoms with Crippen molar-refractivity contribution in [2.24, 2.45) is 0 Å². The number of nitrogens with zero attached hydrogens (tertiary/aromatic N) is 1. The van der Waals surface area contributed by atoms with E-state index in [1.807, 2.05) is 10.1 Å². The van der Waals surface area contributed by atoms with E-state index in [-0.39, 0.29) is 5.69 Å². The minimum atomic E-state index is -0.976. The fraction of sp³-hybridized carbons (Fsp3) is 0.400. The molecular weight excluding hydrogens is 150 g/mol. The van der Waals surface area contributed by atoms with Gasteiger partial charge in [0, 0.05) is 0 Å². The molecule has 0 aliphatic heterocycles. The van der Waals surface area contributed by atoms with Gasteiger partial charge in [-0.2, -0.15) is 5.10 Å². The molecule has 0 amide bonds. The lowest BCUT2D eigenvalue weighted by molar-refractivity contribution is 0.190. The molecule has 1 heterocycles. The SMILES string of the molecule is CC(O)c1n[nH]c(=O)[nH]c1=O.